The molecule has 0 bridgehead atoms. The SMILES string of the molecule is C=C/C=C(/CN1CCCC1)C(=C)Cl. The molecule has 0 aliphatic carbocycles. The molecule has 1 rings (SSSR count). The van der Waals surface area contributed by atoms with Gasteiger partial charge in [-0.1, -0.05) is 36.9 Å². The van der Waals surface area contributed by atoms with Crippen LogP contribution in [0, 0.1) is 0 Å². The van der Waals surface area contributed by atoms with Gasteiger partial charge in [0.25, 0.3) is 0 Å². The highest BCUT2D eigenvalue weighted by Gasteiger charge is 2.13. The third kappa shape index (κ3) is 3.37. The summed E-state index contributed by atoms with van der Waals surface area (Å²) in [4.78, 5) is 2.39. The van der Waals surface area contributed by atoms with Crippen LogP contribution in [0.1, 0.15) is 12.8 Å². The van der Waals surface area contributed by atoms with Crippen molar-refractivity contribution >= 4 is 11.6 Å². The molecule has 1 nitrogen and oxygen atoms in total. The second kappa shape index (κ2) is 5.25. The Kier molecular flexibility index (Phi) is 4.26. The van der Waals surface area contributed by atoms with Crippen LogP contribution in [-0.2, 0) is 0 Å². The zero-order chi connectivity index (χ0) is 9.68. The number of nitrogens with zero attached hydrogens (tertiary/aromatic N) is 1. The van der Waals surface area contributed by atoms with E-state index in [1.807, 2.05) is 6.08 Å². The van der Waals surface area contributed by atoms with Gasteiger partial charge in [-0.25, -0.2) is 0 Å². The van der Waals surface area contributed by atoms with Crippen molar-refractivity contribution in [1.82, 2.24) is 4.90 Å². The predicted octanol–water partition coefficient (Wildman–Crippen LogP) is 2.95. The molecule has 0 saturated carbocycles. The highest BCUT2D eigenvalue weighted by molar-refractivity contribution is 6.31. The van der Waals surface area contributed by atoms with Crippen molar-refractivity contribution in [2.45, 2.75) is 12.8 Å². The fraction of sp³-hybridized carbons (Fsp3) is 0.455. The summed E-state index contributed by atoms with van der Waals surface area (Å²) in [6, 6.07) is 0. The number of halogens is 1. The zero-order valence-corrected chi connectivity index (χ0v) is 8.69. The molecule has 1 aliphatic heterocycles. The Labute approximate surface area is 85.4 Å². The minimum atomic E-state index is 0.631. The molecule has 0 amide bonds. The first-order chi connectivity index (χ1) is 6.24. The van der Waals surface area contributed by atoms with Crippen molar-refractivity contribution in [3.63, 3.8) is 0 Å². The molecule has 1 saturated heterocycles. The van der Waals surface area contributed by atoms with E-state index in [2.05, 4.69) is 18.1 Å². The molecule has 0 N–H and O–H groups in total. The molecule has 2 heteroatoms. The van der Waals surface area contributed by atoms with E-state index in [0.717, 1.165) is 12.1 Å². The molecule has 1 fully saturated rings. The molecule has 0 spiro atoms. The van der Waals surface area contributed by atoms with Crippen molar-refractivity contribution < 1.29 is 0 Å². The summed E-state index contributed by atoms with van der Waals surface area (Å²) in [5, 5.41) is 0.631. The summed E-state index contributed by atoms with van der Waals surface area (Å²) in [6.45, 7) is 10.7. The molecule has 0 atom stereocenters. The summed E-state index contributed by atoms with van der Waals surface area (Å²) in [5.74, 6) is 0. The fourth-order valence-electron chi connectivity index (χ4n) is 1.55. The van der Waals surface area contributed by atoms with E-state index in [1.54, 1.807) is 6.08 Å². The van der Waals surface area contributed by atoms with Gasteiger partial charge in [0.2, 0.25) is 0 Å². The molecule has 0 aromatic heterocycles. The molecule has 13 heavy (non-hydrogen) atoms. The summed E-state index contributed by atoms with van der Waals surface area (Å²) >= 11 is 5.86. The zero-order valence-electron chi connectivity index (χ0n) is 7.93. The van der Waals surface area contributed by atoms with Gasteiger partial charge < -0.3 is 0 Å². The maximum Gasteiger partial charge on any atom is 0.0379 e. The van der Waals surface area contributed by atoms with E-state index >= 15 is 0 Å². The van der Waals surface area contributed by atoms with Gasteiger partial charge in [-0.05, 0) is 31.5 Å². The van der Waals surface area contributed by atoms with Crippen molar-refractivity contribution in [3.8, 4) is 0 Å². The summed E-state index contributed by atoms with van der Waals surface area (Å²) < 4.78 is 0. The van der Waals surface area contributed by atoms with Crippen molar-refractivity contribution in [2.75, 3.05) is 19.6 Å². The number of hydrogen-bond donors (Lipinski definition) is 0. The van der Waals surface area contributed by atoms with E-state index in [0.29, 0.717) is 5.03 Å². The average Bonchev–Trinajstić information content (AvgIpc) is 2.56. The van der Waals surface area contributed by atoms with Gasteiger partial charge in [0, 0.05) is 11.6 Å². The van der Waals surface area contributed by atoms with Crippen LogP contribution in [0.4, 0.5) is 0 Å². The summed E-state index contributed by atoms with van der Waals surface area (Å²) in [7, 11) is 0. The molecular formula is C11H16ClN. The van der Waals surface area contributed by atoms with E-state index in [9.17, 15) is 0 Å². The third-order valence-electron chi connectivity index (χ3n) is 2.26. The van der Waals surface area contributed by atoms with Gasteiger partial charge >= 0.3 is 0 Å². The van der Waals surface area contributed by atoms with E-state index in [-0.39, 0.29) is 0 Å². The lowest BCUT2D eigenvalue weighted by Gasteiger charge is -2.16. The highest BCUT2D eigenvalue weighted by Crippen LogP contribution is 2.17. The monoisotopic (exact) mass is 197 g/mol. The molecule has 0 aromatic carbocycles. The molecule has 1 heterocycles. The van der Waals surface area contributed by atoms with Crippen LogP contribution >= 0.6 is 11.6 Å². The summed E-state index contributed by atoms with van der Waals surface area (Å²) in [6.07, 6.45) is 6.30. The first kappa shape index (κ1) is 10.6. The predicted molar refractivity (Wildman–Crippen MR) is 58.9 cm³/mol. The molecule has 0 aromatic rings. The van der Waals surface area contributed by atoms with E-state index in [1.165, 1.54) is 25.9 Å². The lowest BCUT2D eigenvalue weighted by atomic mass is 10.2. The Morgan fingerprint density at radius 3 is 2.46 bits per heavy atom. The Bertz CT molecular complexity index is 224. The van der Waals surface area contributed by atoms with E-state index < -0.39 is 0 Å². The molecule has 72 valence electrons. The van der Waals surface area contributed by atoms with Gasteiger partial charge in [0.15, 0.2) is 0 Å². The minimum absolute atomic E-state index is 0.631. The normalized spacial score (nSPS) is 19.0. The van der Waals surface area contributed by atoms with Gasteiger partial charge in [-0.2, -0.15) is 0 Å². The molecule has 1 aliphatic rings. The Morgan fingerprint density at radius 1 is 1.38 bits per heavy atom. The first-order valence-electron chi connectivity index (χ1n) is 4.63. The van der Waals surface area contributed by atoms with Crippen LogP contribution in [0.25, 0.3) is 0 Å². The maximum atomic E-state index is 5.86. The lowest BCUT2D eigenvalue weighted by Crippen LogP contribution is -2.21. The second-order valence-corrected chi connectivity index (χ2v) is 3.77. The van der Waals surface area contributed by atoms with Crippen LogP contribution in [0.2, 0.25) is 0 Å². The standard InChI is InChI=1S/C11H16ClN/c1-3-6-11(10(2)12)9-13-7-4-5-8-13/h3,6H,1-2,4-5,7-9H2/b11-6-. The van der Waals surface area contributed by atoms with Crippen LogP contribution in [0.3, 0.4) is 0 Å². The molecule has 0 radical (unpaired) electrons. The Hall–Kier alpha value is -0.530. The summed E-state index contributed by atoms with van der Waals surface area (Å²) in [5.41, 5.74) is 1.08. The maximum absolute atomic E-state index is 5.86. The quantitative estimate of drug-likeness (QED) is 0.627. The van der Waals surface area contributed by atoms with Crippen LogP contribution < -0.4 is 0 Å². The Balaban J connectivity index is 2.51. The van der Waals surface area contributed by atoms with Gasteiger partial charge in [0.1, 0.15) is 0 Å². The van der Waals surface area contributed by atoms with Crippen LogP contribution in [0.15, 0.2) is 35.9 Å². The third-order valence-corrected chi connectivity index (χ3v) is 2.50. The molecule has 0 unspecified atom stereocenters. The van der Waals surface area contributed by atoms with Crippen molar-refractivity contribution in [3.05, 3.63) is 35.9 Å². The van der Waals surface area contributed by atoms with Gasteiger partial charge in [0.05, 0.1) is 0 Å². The first-order valence-corrected chi connectivity index (χ1v) is 5.00. The second-order valence-electron chi connectivity index (χ2n) is 3.32. The van der Waals surface area contributed by atoms with Gasteiger partial charge in [-0.15, -0.1) is 0 Å². The van der Waals surface area contributed by atoms with E-state index in [4.69, 9.17) is 11.6 Å². The number of allylic oxidation sites excluding steroid dienone is 2. The number of hydrogen-bond acceptors (Lipinski definition) is 1. The Morgan fingerprint density at radius 2 is 2.00 bits per heavy atom. The molecular weight excluding hydrogens is 182 g/mol. The van der Waals surface area contributed by atoms with Gasteiger partial charge in [-0.3, -0.25) is 4.90 Å². The highest BCUT2D eigenvalue weighted by atomic mass is 35.5. The smallest absolute Gasteiger partial charge is 0.0379 e. The largest absolute Gasteiger partial charge is 0.299 e. The van der Waals surface area contributed by atoms with Crippen molar-refractivity contribution in [1.29, 1.82) is 0 Å². The van der Waals surface area contributed by atoms with Crippen molar-refractivity contribution in [2.24, 2.45) is 0 Å². The average molecular weight is 198 g/mol. The lowest BCUT2D eigenvalue weighted by molar-refractivity contribution is 0.371. The minimum Gasteiger partial charge on any atom is -0.299 e. The topological polar surface area (TPSA) is 3.24 Å². The number of rotatable bonds is 4. The van der Waals surface area contributed by atoms with Crippen LogP contribution in [-0.4, -0.2) is 24.5 Å². The van der Waals surface area contributed by atoms with Crippen LogP contribution in [0.5, 0.6) is 0 Å². The number of likely N-dealkylation sites (tertiary alicyclic amines) is 1. The fourth-order valence-corrected chi connectivity index (χ4v) is 1.68.